The Morgan fingerprint density at radius 1 is 1.06 bits per heavy atom. The average molecular weight is 459 g/mol. The summed E-state index contributed by atoms with van der Waals surface area (Å²) >= 11 is 0. The number of anilines is 1. The van der Waals surface area contributed by atoms with Crippen molar-refractivity contribution in [2.45, 2.75) is 25.7 Å². The van der Waals surface area contributed by atoms with Crippen LogP contribution in [0.15, 0.2) is 60.8 Å². The molecule has 0 radical (unpaired) electrons. The second-order valence-corrected chi connectivity index (χ2v) is 8.91. The molecule has 7 nitrogen and oxygen atoms in total. The molecule has 0 unspecified atom stereocenters. The van der Waals surface area contributed by atoms with Crippen molar-refractivity contribution >= 4 is 11.7 Å². The van der Waals surface area contributed by atoms with Crippen molar-refractivity contribution in [3.63, 3.8) is 0 Å². The molecular weight excluding hydrogens is 428 g/mol. The second kappa shape index (κ2) is 10.2. The van der Waals surface area contributed by atoms with Gasteiger partial charge in [-0.1, -0.05) is 23.8 Å². The number of piperidine rings is 1. The van der Waals surface area contributed by atoms with Crippen LogP contribution in [-0.2, 0) is 4.74 Å². The number of ether oxygens (including phenoxy) is 2. The van der Waals surface area contributed by atoms with Crippen LogP contribution in [0.1, 0.15) is 40.4 Å². The Hall–Kier alpha value is -3.45. The van der Waals surface area contributed by atoms with Crippen LogP contribution in [0, 0.1) is 6.92 Å². The summed E-state index contributed by atoms with van der Waals surface area (Å²) in [6, 6.07) is 17.5. The fraction of sp³-hybridized carbons (Fsp3) is 0.370. The number of carbonyl (C=O) groups is 1. The highest BCUT2D eigenvalue weighted by atomic mass is 16.5. The number of nitrogens with zero attached hydrogens (tertiary/aromatic N) is 4. The van der Waals surface area contributed by atoms with Crippen molar-refractivity contribution in [1.29, 1.82) is 0 Å². The highest BCUT2D eigenvalue weighted by Crippen LogP contribution is 2.29. The molecule has 34 heavy (non-hydrogen) atoms. The summed E-state index contributed by atoms with van der Waals surface area (Å²) < 4.78 is 11.4. The van der Waals surface area contributed by atoms with Crippen LogP contribution in [0.4, 0.5) is 5.82 Å². The molecule has 3 aromatic rings. The highest BCUT2D eigenvalue weighted by molar-refractivity contribution is 5.95. The standard InChI is InChI=1S/C27H30N4O3/c1-20-7-9-23(10-8-20)34-26-6-2-5-24(29-26)22-4-3-13-31(19-22)27(32)21-11-12-28-25(18-21)30-14-16-33-17-15-30/h2,5-12,18,22H,3-4,13-17,19H2,1H3/t22-/m0/s1. The van der Waals surface area contributed by atoms with Crippen LogP contribution in [0.3, 0.4) is 0 Å². The highest BCUT2D eigenvalue weighted by Gasteiger charge is 2.27. The molecule has 2 aliphatic rings. The molecule has 4 heterocycles. The molecule has 0 N–H and O–H groups in total. The zero-order valence-electron chi connectivity index (χ0n) is 19.5. The third kappa shape index (κ3) is 5.20. The van der Waals surface area contributed by atoms with Gasteiger partial charge >= 0.3 is 0 Å². The molecule has 2 fully saturated rings. The summed E-state index contributed by atoms with van der Waals surface area (Å²) in [4.78, 5) is 26.7. The third-order valence-electron chi connectivity index (χ3n) is 6.44. The van der Waals surface area contributed by atoms with Gasteiger partial charge in [0.25, 0.3) is 5.91 Å². The molecule has 2 saturated heterocycles. The van der Waals surface area contributed by atoms with E-state index in [2.05, 4.69) is 9.88 Å². The minimum Gasteiger partial charge on any atom is -0.439 e. The van der Waals surface area contributed by atoms with Gasteiger partial charge in [0.2, 0.25) is 5.88 Å². The number of pyridine rings is 2. The van der Waals surface area contributed by atoms with Gasteiger partial charge in [-0.15, -0.1) is 0 Å². The summed E-state index contributed by atoms with van der Waals surface area (Å²) in [6.07, 6.45) is 3.68. The van der Waals surface area contributed by atoms with Crippen LogP contribution in [0.2, 0.25) is 0 Å². The molecule has 5 rings (SSSR count). The molecule has 0 aliphatic carbocycles. The number of rotatable bonds is 5. The van der Waals surface area contributed by atoms with E-state index in [4.69, 9.17) is 14.5 Å². The number of hydrogen-bond acceptors (Lipinski definition) is 6. The molecule has 0 saturated carbocycles. The molecule has 7 heteroatoms. The minimum absolute atomic E-state index is 0.0497. The van der Waals surface area contributed by atoms with E-state index in [0.29, 0.717) is 31.2 Å². The number of hydrogen-bond donors (Lipinski definition) is 0. The van der Waals surface area contributed by atoms with Gasteiger partial charge in [0, 0.05) is 55.6 Å². The quantitative estimate of drug-likeness (QED) is 0.563. The maximum Gasteiger partial charge on any atom is 0.254 e. The number of likely N-dealkylation sites (tertiary alicyclic amines) is 1. The zero-order valence-corrected chi connectivity index (χ0v) is 19.5. The predicted molar refractivity (Wildman–Crippen MR) is 131 cm³/mol. The van der Waals surface area contributed by atoms with E-state index in [1.54, 1.807) is 6.20 Å². The van der Waals surface area contributed by atoms with E-state index in [1.807, 2.05) is 66.4 Å². The van der Waals surface area contributed by atoms with E-state index in [1.165, 1.54) is 5.56 Å². The summed E-state index contributed by atoms with van der Waals surface area (Å²) in [5, 5.41) is 0. The van der Waals surface area contributed by atoms with E-state index in [-0.39, 0.29) is 11.8 Å². The Morgan fingerprint density at radius 2 is 1.88 bits per heavy atom. The SMILES string of the molecule is Cc1ccc(Oc2cccc([C@H]3CCCN(C(=O)c4ccnc(N5CCOCC5)c4)C3)n2)cc1. The molecule has 0 bridgehead atoms. The summed E-state index contributed by atoms with van der Waals surface area (Å²) in [6.45, 7) is 6.42. The number of aryl methyl sites for hydroxylation is 1. The first-order valence-electron chi connectivity index (χ1n) is 12.0. The summed E-state index contributed by atoms with van der Waals surface area (Å²) in [5.74, 6) is 2.41. The molecule has 2 aliphatic heterocycles. The van der Waals surface area contributed by atoms with Crippen molar-refractivity contribution in [2.24, 2.45) is 0 Å². The van der Waals surface area contributed by atoms with Gasteiger partial charge in [-0.05, 0) is 50.1 Å². The third-order valence-corrected chi connectivity index (χ3v) is 6.44. The predicted octanol–water partition coefficient (Wildman–Crippen LogP) is 4.43. The van der Waals surface area contributed by atoms with Crippen LogP contribution in [0.5, 0.6) is 11.6 Å². The van der Waals surface area contributed by atoms with Crippen LogP contribution in [0.25, 0.3) is 0 Å². The van der Waals surface area contributed by atoms with Crippen LogP contribution < -0.4 is 9.64 Å². The van der Waals surface area contributed by atoms with Crippen LogP contribution in [-0.4, -0.2) is 60.2 Å². The zero-order chi connectivity index (χ0) is 23.3. The van der Waals surface area contributed by atoms with E-state index in [9.17, 15) is 4.79 Å². The lowest BCUT2D eigenvalue weighted by molar-refractivity contribution is 0.0705. The minimum atomic E-state index is 0.0497. The Bertz CT molecular complexity index is 1130. The molecular formula is C27H30N4O3. The van der Waals surface area contributed by atoms with E-state index in [0.717, 1.165) is 49.7 Å². The Kier molecular flexibility index (Phi) is 6.72. The van der Waals surface area contributed by atoms with Gasteiger partial charge in [0.05, 0.1) is 13.2 Å². The van der Waals surface area contributed by atoms with Crippen molar-refractivity contribution in [2.75, 3.05) is 44.3 Å². The van der Waals surface area contributed by atoms with E-state index < -0.39 is 0 Å². The Balaban J connectivity index is 1.27. The first-order valence-corrected chi connectivity index (χ1v) is 12.0. The van der Waals surface area contributed by atoms with Crippen molar-refractivity contribution in [1.82, 2.24) is 14.9 Å². The number of carbonyl (C=O) groups excluding carboxylic acids is 1. The van der Waals surface area contributed by atoms with E-state index >= 15 is 0 Å². The molecule has 0 spiro atoms. The molecule has 176 valence electrons. The number of aromatic nitrogens is 2. The molecule has 1 amide bonds. The topological polar surface area (TPSA) is 67.8 Å². The van der Waals surface area contributed by atoms with Gasteiger partial charge in [-0.25, -0.2) is 9.97 Å². The van der Waals surface area contributed by atoms with Gasteiger partial charge in [-0.3, -0.25) is 4.79 Å². The lowest BCUT2D eigenvalue weighted by atomic mass is 9.94. The smallest absolute Gasteiger partial charge is 0.254 e. The monoisotopic (exact) mass is 458 g/mol. The number of morpholine rings is 1. The van der Waals surface area contributed by atoms with Crippen molar-refractivity contribution in [3.8, 4) is 11.6 Å². The number of amides is 1. The summed E-state index contributed by atoms with van der Waals surface area (Å²) in [7, 11) is 0. The first-order chi connectivity index (χ1) is 16.7. The molecule has 2 aromatic heterocycles. The normalized spacial score (nSPS) is 18.6. The fourth-order valence-corrected chi connectivity index (χ4v) is 4.54. The number of benzene rings is 1. The second-order valence-electron chi connectivity index (χ2n) is 8.91. The lowest BCUT2D eigenvalue weighted by Crippen LogP contribution is -2.40. The Morgan fingerprint density at radius 3 is 2.71 bits per heavy atom. The average Bonchev–Trinajstić information content (AvgIpc) is 2.90. The van der Waals surface area contributed by atoms with Crippen molar-refractivity contribution < 1.29 is 14.3 Å². The largest absolute Gasteiger partial charge is 0.439 e. The molecule has 1 aromatic carbocycles. The maximum absolute atomic E-state index is 13.4. The van der Waals surface area contributed by atoms with Gasteiger partial charge in [-0.2, -0.15) is 0 Å². The van der Waals surface area contributed by atoms with Crippen LogP contribution >= 0.6 is 0 Å². The first kappa shape index (κ1) is 22.3. The maximum atomic E-state index is 13.4. The van der Waals surface area contributed by atoms with Crippen molar-refractivity contribution in [3.05, 3.63) is 77.6 Å². The van der Waals surface area contributed by atoms with Gasteiger partial charge in [0.1, 0.15) is 11.6 Å². The lowest BCUT2D eigenvalue weighted by Gasteiger charge is -2.33. The molecule has 1 atom stereocenters. The van der Waals surface area contributed by atoms with Gasteiger partial charge < -0.3 is 19.3 Å². The van der Waals surface area contributed by atoms with Gasteiger partial charge in [0.15, 0.2) is 0 Å². The Labute approximate surface area is 200 Å². The summed E-state index contributed by atoms with van der Waals surface area (Å²) in [5.41, 5.74) is 2.83. The fourth-order valence-electron chi connectivity index (χ4n) is 4.54.